The first-order chi connectivity index (χ1) is 7.17. The van der Waals surface area contributed by atoms with Gasteiger partial charge in [0.1, 0.15) is 0 Å². The van der Waals surface area contributed by atoms with E-state index in [0.29, 0.717) is 11.8 Å². The quantitative estimate of drug-likeness (QED) is 0.568. The fourth-order valence-corrected chi connectivity index (χ4v) is 1.37. The summed E-state index contributed by atoms with van der Waals surface area (Å²) in [6.45, 7) is 1.93. The number of ether oxygens (including phenoxy) is 1. The molecule has 80 valence electrons. The van der Waals surface area contributed by atoms with Gasteiger partial charge < -0.3 is 10.5 Å². The predicted molar refractivity (Wildman–Crippen MR) is 55.0 cm³/mol. The van der Waals surface area contributed by atoms with Crippen LogP contribution in [0.4, 0.5) is 0 Å². The van der Waals surface area contributed by atoms with Crippen molar-refractivity contribution in [3.8, 4) is 0 Å². The molecule has 0 aliphatic heterocycles. The van der Waals surface area contributed by atoms with Gasteiger partial charge in [-0.3, -0.25) is 9.59 Å². The van der Waals surface area contributed by atoms with Crippen LogP contribution in [0.2, 0.25) is 0 Å². The Bertz CT molecular complexity index is 350. The number of amides is 1. The molecule has 0 bridgehead atoms. The summed E-state index contributed by atoms with van der Waals surface area (Å²) < 4.78 is 5.18. The smallest absolute Gasteiger partial charge is 0.261 e. The largest absolute Gasteiger partial charge is 0.366 e. The van der Waals surface area contributed by atoms with E-state index in [1.807, 2.05) is 0 Å². The van der Waals surface area contributed by atoms with Gasteiger partial charge in [0.05, 0.1) is 0 Å². The van der Waals surface area contributed by atoms with E-state index >= 15 is 0 Å². The number of carbonyl (C=O) groups is 2. The molecule has 0 spiro atoms. The highest BCUT2D eigenvalue weighted by Crippen LogP contribution is 2.22. The Morgan fingerprint density at radius 3 is 2.47 bits per heavy atom. The number of primary amides is 1. The number of benzene rings is 1. The molecule has 1 atom stereocenters. The lowest BCUT2D eigenvalue weighted by Crippen LogP contribution is -2.45. The minimum Gasteiger partial charge on any atom is -0.366 e. The van der Waals surface area contributed by atoms with Gasteiger partial charge >= 0.3 is 0 Å². The maximum atomic E-state index is 11.3. The van der Waals surface area contributed by atoms with E-state index in [-0.39, 0.29) is 6.61 Å². The summed E-state index contributed by atoms with van der Waals surface area (Å²) >= 11 is 0. The fraction of sp³-hybridized carbons (Fsp3) is 0.273. The van der Waals surface area contributed by atoms with Crippen LogP contribution in [0.15, 0.2) is 30.3 Å². The molecule has 0 radical (unpaired) electrons. The van der Waals surface area contributed by atoms with Crippen LogP contribution in [0, 0.1) is 0 Å². The average Bonchev–Trinajstić information content (AvgIpc) is 2.26. The number of aldehydes is 1. The van der Waals surface area contributed by atoms with Crippen LogP contribution in [-0.4, -0.2) is 18.8 Å². The Kier molecular flexibility index (Phi) is 3.57. The molecule has 0 saturated heterocycles. The molecule has 0 fully saturated rings. The van der Waals surface area contributed by atoms with Gasteiger partial charge in [0.15, 0.2) is 6.29 Å². The summed E-state index contributed by atoms with van der Waals surface area (Å²) in [5.41, 5.74) is 4.00. The van der Waals surface area contributed by atoms with Crippen molar-refractivity contribution in [3.63, 3.8) is 0 Å². The van der Waals surface area contributed by atoms with Crippen LogP contribution in [0.1, 0.15) is 12.5 Å². The molecule has 4 heteroatoms. The summed E-state index contributed by atoms with van der Waals surface area (Å²) in [7, 11) is 0. The highest BCUT2D eigenvalue weighted by Gasteiger charge is 2.39. The molecule has 0 aliphatic carbocycles. The molecule has 2 N–H and O–H groups in total. The van der Waals surface area contributed by atoms with Crippen LogP contribution >= 0.6 is 0 Å². The molecule has 0 saturated carbocycles. The van der Waals surface area contributed by atoms with Gasteiger partial charge in [-0.2, -0.15) is 0 Å². The number of carbonyl (C=O) groups excluding carboxylic acids is 2. The van der Waals surface area contributed by atoms with Crippen molar-refractivity contribution in [1.29, 1.82) is 0 Å². The van der Waals surface area contributed by atoms with E-state index in [9.17, 15) is 9.59 Å². The normalized spacial score (nSPS) is 14.2. The molecule has 4 nitrogen and oxygen atoms in total. The number of hydrogen-bond acceptors (Lipinski definition) is 3. The van der Waals surface area contributed by atoms with E-state index in [1.165, 1.54) is 0 Å². The average molecular weight is 207 g/mol. The molecule has 1 aromatic rings. The van der Waals surface area contributed by atoms with Gasteiger partial charge in [-0.25, -0.2) is 0 Å². The number of nitrogens with two attached hydrogens (primary N) is 1. The third kappa shape index (κ3) is 2.05. The number of rotatable bonds is 5. The minimum atomic E-state index is -1.66. The van der Waals surface area contributed by atoms with Crippen molar-refractivity contribution in [1.82, 2.24) is 0 Å². The predicted octanol–water partition coefficient (Wildman–Crippen LogP) is 0.603. The molecular formula is C11H13NO3. The van der Waals surface area contributed by atoms with Crippen molar-refractivity contribution in [2.45, 2.75) is 12.5 Å². The summed E-state index contributed by atoms with van der Waals surface area (Å²) in [5, 5.41) is 0. The zero-order chi connectivity index (χ0) is 11.3. The SMILES string of the molecule is CCOC(C=O)(C(N)=O)c1ccccc1. The molecule has 0 aliphatic rings. The molecular weight excluding hydrogens is 194 g/mol. The summed E-state index contributed by atoms with van der Waals surface area (Å²) in [6, 6.07) is 8.49. The van der Waals surface area contributed by atoms with E-state index in [4.69, 9.17) is 10.5 Å². The molecule has 15 heavy (non-hydrogen) atoms. The lowest BCUT2D eigenvalue weighted by atomic mass is 9.94. The first-order valence-electron chi connectivity index (χ1n) is 4.63. The van der Waals surface area contributed by atoms with E-state index in [0.717, 1.165) is 0 Å². The third-order valence-corrected chi connectivity index (χ3v) is 2.11. The minimum absolute atomic E-state index is 0.233. The molecule has 0 aromatic heterocycles. The van der Waals surface area contributed by atoms with Crippen molar-refractivity contribution in [3.05, 3.63) is 35.9 Å². The van der Waals surface area contributed by atoms with Gasteiger partial charge in [0.25, 0.3) is 5.91 Å². The maximum Gasteiger partial charge on any atom is 0.261 e. The second-order valence-electron chi connectivity index (χ2n) is 3.02. The lowest BCUT2D eigenvalue weighted by molar-refractivity contribution is -0.151. The standard InChI is InChI=1S/C11H13NO3/c1-2-15-11(8-13,10(12)14)9-6-4-3-5-7-9/h3-8H,2H2,1H3,(H2,12,14). The van der Waals surface area contributed by atoms with Gasteiger partial charge in [-0.15, -0.1) is 0 Å². The Morgan fingerprint density at radius 1 is 1.47 bits per heavy atom. The highest BCUT2D eigenvalue weighted by atomic mass is 16.5. The number of hydrogen-bond donors (Lipinski definition) is 1. The van der Waals surface area contributed by atoms with Gasteiger partial charge in [0, 0.05) is 12.2 Å². The molecule has 1 aromatic carbocycles. The maximum absolute atomic E-state index is 11.3. The lowest BCUT2D eigenvalue weighted by Gasteiger charge is -2.24. The Morgan fingerprint density at radius 2 is 2.07 bits per heavy atom. The topological polar surface area (TPSA) is 69.4 Å². The Hall–Kier alpha value is -1.68. The summed E-state index contributed by atoms with van der Waals surface area (Å²) in [4.78, 5) is 22.3. The molecule has 1 rings (SSSR count). The monoisotopic (exact) mass is 207 g/mol. The third-order valence-electron chi connectivity index (χ3n) is 2.11. The first kappa shape index (κ1) is 11.4. The van der Waals surface area contributed by atoms with E-state index < -0.39 is 11.5 Å². The van der Waals surface area contributed by atoms with Crippen molar-refractivity contribution >= 4 is 12.2 Å². The van der Waals surface area contributed by atoms with E-state index in [1.54, 1.807) is 37.3 Å². The van der Waals surface area contributed by atoms with Gasteiger partial charge in [-0.1, -0.05) is 30.3 Å². The summed E-state index contributed by atoms with van der Waals surface area (Å²) in [6.07, 6.45) is 0.439. The van der Waals surface area contributed by atoms with Gasteiger partial charge in [0.2, 0.25) is 5.60 Å². The van der Waals surface area contributed by atoms with E-state index in [2.05, 4.69) is 0 Å². The highest BCUT2D eigenvalue weighted by molar-refractivity contribution is 6.00. The first-order valence-corrected chi connectivity index (χ1v) is 4.63. The fourth-order valence-electron chi connectivity index (χ4n) is 1.37. The van der Waals surface area contributed by atoms with Crippen LogP contribution in [0.25, 0.3) is 0 Å². The second kappa shape index (κ2) is 4.70. The van der Waals surface area contributed by atoms with Crippen LogP contribution in [-0.2, 0) is 19.9 Å². The van der Waals surface area contributed by atoms with Crippen molar-refractivity contribution < 1.29 is 14.3 Å². The van der Waals surface area contributed by atoms with Crippen LogP contribution in [0.5, 0.6) is 0 Å². The van der Waals surface area contributed by atoms with Gasteiger partial charge in [-0.05, 0) is 6.92 Å². The van der Waals surface area contributed by atoms with Crippen LogP contribution < -0.4 is 5.73 Å². The van der Waals surface area contributed by atoms with Crippen LogP contribution in [0.3, 0.4) is 0 Å². The van der Waals surface area contributed by atoms with Crippen molar-refractivity contribution in [2.75, 3.05) is 6.61 Å². The Labute approximate surface area is 88.0 Å². The second-order valence-corrected chi connectivity index (χ2v) is 3.02. The Balaban J connectivity index is 3.21. The zero-order valence-corrected chi connectivity index (χ0v) is 8.47. The van der Waals surface area contributed by atoms with Crippen molar-refractivity contribution in [2.24, 2.45) is 5.73 Å². The zero-order valence-electron chi connectivity index (χ0n) is 8.47. The summed E-state index contributed by atoms with van der Waals surface area (Å²) in [5.74, 6) is -0.800. The molecule has 1 unspecified atom stereocenters. The molecule has 0 heterocycles. The molecule has 1 amide bonds.